The van der Waals surface area contributed by atoms with E-state index >= 15 is 0 Å². The number of halogens is 2. The molecule has 22 heavy (non-hydrogen) atoms. The number of alkyl halides is 2. The Morgan fingerprint density at radius 1 is 0.773 bits per heavy atom. The van der Waals surface area contributed by atoms with Crippen molar-refractivity contribution in [3.63, 3.8) is 0 Å². The number of nitro groups is 2. The van der Waals surface area contributed by atoms with Gasteiger partial charge >= 0.3 is 0 Å². The second kappa shape index (κ2) is 6.97. The third-order valence-electron chi connectivity index (χ3n) is 3.18. The number of nitrogens with zero attached hydrogens (tertiary/aromatic N) is 2. The Labute approximate surface area is 142 Å². The van der Waals surface area contributed by atoms with Gasteiger partial charge in [-0.3, -0.25) is 20.2 Å². The molecular formula is C14H10Br2N2O4. The molecule has 8 heteroatoms. The predicted molar refractivity (Wildman–Crippen MR) is 90.4 cm³/mol. The highest BCUT2D eigenvalue weighted by atomic mass is 79.9. The SMILES string of the molecule is O=[N+]([O-])c1ccc(-c2ccc([N+](=O)[O-])cc2CBr)c(CBr)c1. The van der Waals surface area contributed by atoms with Crippen molar-refractivity contribution in [3.05, 3.63) is 67.8 Å². The van der Waals surface area contributed by atoms with Crippen LogP contribution in [0.5, 0.6) is 0 Å². The molecule has 0 N–H and O–H groups in total. The van der Waals surface area contributed by atoms with Crippen LogP contribution in [-0.2, 0) is 10.7 Å². The van der Waals surface area contributed by atoms with Gasteiger partial charge in [-0.25, -0.2) is 0 Å². The molecule has 0 atom stereocenters. The van der Waals surface area contributed by atoms with E-state index in [-0.39, 0.29) is 11.4 Å². The lowest BCUT2D eigenvalue weighted by Gasteiger charge is -2.11. The number of benzene rings is 2. The van der Waals surface area contributed by atoms with E-state index < -0.39 is 9.85 Å². The maximum absolute atomic E-state index is 10.9. The topological polar surface area (TPSA) is 86.3 Å². The van der Waals surface area contributed by atoms with Crippen LogP contribution >= 0.6 is 31.9 Å². The summed E-state index contributed by atoms with van der Waals surface area (Å²) in [5.74, 6) is 0. The molecule has 0 heterocycles. The average molecular weight is 430 g/mol. The van der Waals surface area contributed by atoms with E-state index in [4.69, 9.17) is 0 Å². The van der Waals surface area contributed by atoms with Crippen molar-refractivity contribution in [2.75, 3.05) is 0 Å². The molecular weight excluding hydrogens is 420 g/mol. The highest BCUT2D eigenvalue weighted by Gasteiger charge is 2.16. The fourth-order valence-corrected chi connectivity index (χ4v) is 3.06. The third kappa shape index (κ3) is 3.33. The van der Waals surface area contributed by atoms with E-state index in [0.717, 1.165) is 22.3 Å². The van der Waals surface area contributed by atoms with Crippen molar-refractivity contribution in [2.24, 2.45) is 0 Å². The van der Waals surface area contributed by atoms with Gasteiger partial charge in [0.25, 0.3) is 11.4 Å². The van der Waals surface area contributed by atoms with Crippen LogP contribution in [0.25, 0.3) is 11.1 Å². The van der Waals surface area contributed by atoms with Gasteiger partial charge in [0.15, 0.2) is 0 Å². The molecule has 2 aromatic rings. The van der Waals surface area contributed by atoms with Crippen LogP contribution in [-0.4, -0.2) is 9.85 Å². The van der Waals surface area contributed by atoms with Gasteiger partial charge in [0, 0.05) is 34.9 Å². The van der Waals surface area contributed by atoms with Gasteiger partial charge in [-0.05, 0) is 34.4 Å². The van der Waals surface area contributed by atoms with Crippen LogP contribution in [0.2, 0.25) is 0 Å². The van der Waals surface area contributed by atoms with Gasteiger partial charge in [0.05, 0.1) is 9.85 Å². The third-order valence-corrected chi connectivity index (χ3v) is 4.39. The summed E-state index contributed by atoms with van der Waals surface area (Å²) < 4.78 is 0. The molecule has 0 bridgehead atoms. The average Bonchev–Trinajstić information content (AvgIpc) is 2.53. The summed E-state index contributed by atoms with van der Waals surface area (Å²) in [5.41, 5.74) is 3.16. The van der Waals surface area contributed by atoms with E-state index in [1.54, 1.807) is 12.1 Å². The van der Waals surface area contributed by atoms with Crippen LogP contribution in [0.4, 0.5) is 11.4 Å². The maximum atomic E-state index is 10.9. The molecule has 0 saturated carbocycles. The molecule has 114 valence electrons. The lowest BCUT2D eigenvalue weighted by atomic mass is 9.96. The molecule has 0 amide bonds. The van der Waals surface area contributed by atoms with E-state index in [2.05, 4.69) is 31.9 Å². The van der Waals surface area contributed by atoms with Gasteiger partial charge in [-0.2, -0.15) is 0 Å². The van der Waals surface area contributed by atoms with Gasteiger partial charge in [0.2, 0.25) is 0 Å². The Morgan fingerprint density at radius 2 is 1.14 bits per heavy atom. The summed E-state index contributed by atoms with van der Waals surface area (Å²) in [6.45, 7) is 0. The first-order valence-electron chi connectivity index (χ1n) is 6.15. The summed E-state index contributed by atoms with van der Waals surface area (Å²) in [4.78, 5) is 20.8. The molecule has 2 rings (SSSR count). The molecule has 0 aromatic heterocycles. The molecule has 0 saturated heterocycles. The first-order chi connectivity index (χ1) is 10.5. The van der Waals surface area contributed by atoms with Gasteiger partial charge in [-0.1, -0.05) is 31.9 Å². The second-order valence-electron chi connectivity index (χ2n) is 4.46. The van der Waals surface area contributed by atoms with Gasteiger partial charge in [0.1, 0.15) is 0 Å². The van der Waals surface area contributed by atoms with Crippen molar-refractivity contribution in [3.8, 4) is 11.1 Å². The minimum atomic E-state index is -0.447. The van der Waals surface area contributed by atoms with Crippen molar-refractivity contribution in [1.29, 1.82) is 0 Å². The Bertz CT molecular complexity index is 686. The lowest BCUT2D eigenvalue weighted by molar-refractivity contribution is -0.385. The van der Waals surface area contributed by atoms with Gasteiger partial charge in [-0.15, -0.1) is 0 Å². The molecule has 0 radical (unpaired) electrons. The van der Waals surface area contributed by atoms with E-state index in [0.29, 0.717) is 10.7 Å². The Kier molecular flexibility index (Phi) is 5.25. The summed E-state index contributed by atoms with van der Waals surface area (Å²) in [5, 5.41) is 22.6. The zero-order valence-electron chi connectivity index (χ0n) is 11.2. The second-order valence-corrected chi connectivity index (χ2v) is 5.59. The van der Waals surface area contributed by atoms with Crippen LogP contribution < -0.4 is 0 Å². The normalized spacial score (nSPS) is 10.5. The van der Waals surface area contributed by atoms with Crippen molar-refractivity contribution in [1.82, 2.24) is 0 Å². The fraction of sp³-hybridized carbons (Fsp3) is 0.143. The minimum absolute atomic E-state index is 0.0144. The Hall–Kier alpha value is -1.80. The standard InChI is InChI=1S/C14H10Br2N2O4/c15-7-9-5-11(17(19)20)1-3-13(9)14-4-2-12(18(21)22)6-10(14)8-16/h1-6H,7-8H2. The molecule has 0 aliphatic rings. The molecule has 0 aliphatic heterocycles. The number of rotatable bonds is 5. The fourth-order valence-electron chi connectivity index (χ4n) is 2.13. The number of hydrogen-bond donors (Lipinski definition) is 0. The molecule has 0 aliphatic carbocycles. The van der Waals surface area contributed by atoms with Crippen LogP contribution in [0, 0.1) is 20.2 Å². The zero-order valence-corrected chi connectivity index (χ0v) is 14.3. The zero-order chi connectivity index (χ0) is 16.3. The van der Waals surface area contributed by atoms with Crippen molar-refractivity contribution < 1.29 is 9.85 Å². The minimum Gasteiger partial charge on any atom is -0.258 e. The summed E-state index contributed by atoms with van der Waals surface area (Å²) in [7, 11) is 0. The number of nitro benzene ring substituents is 2. The highest BCUT2D eigenvalue weighted by Crippen LogP contribution is 2.34. The first-order valence-corrected chi connectivity index (χ1v) is 8.39. The smallest absolute Gasteiger partial charge is 0.258 e. The Balaban J connectivity index is 2.60. The number of hydrogen-bond acceptors (Lipinski definition) is 4. The van der Waals surface area contributed by atoms with Crippen molar-refractivity contribution in [2.45, 2.75) is 10.7 Å². The van der Waals surface area contributed by atoms with E-state index in [1.165, 1.54) is 24.3 Å². The van der Waals surface area contributed by atoms with E-state index in [9.17, 15) is 20.2 Å². The monoisotopic (exact) mass is 428 g/mol. The van der Waals surface area contributed by atoms with Crippen LogP contribution in [0.1, 0.15) is 11.1 Å². The highest BCUT2D eigenvalue weighted by molar-refractivity contribution is 9.08. The first kappa shape index (κ1) is 16.6. The van der Waals surface area contributed by atoms with Crippen LogP contribution in [0.15, 0.2) is 36.4 Å². The van der Waals surface area contributed by atoms with E-state index in [1.807, 2.05) is 0 Å². The number of non-ortho nitro benzene ring substituents is 2. The molecule has 2 aromatic carbocycles. The molecule has 0 unspecified atom stereocenters. The molecule has 6 nitrogen and oxygen atoms in total. The van der Waals surface area contributed by atoms with Crippen molar-refractivity contribution >= 4 is 43.2 Å². The summed E-state index contributed by atoms with van der Waals surface area (Å²) >= 11 is 6.66. The largest absolute Gasteiger partial charge is 0.269 e. The quantitative estimate of drug-likeness (QED) is 0.381. The van der Waals surface area contributed by atoms with Crippen LogP contribution in [0.3, 0.4) is 0 Å². The van der Waals surface area contributed by atoms with Gasteiger partial charge < -0.3 is 0 Å². The summed E-state index contributed by atoms with van der Waals surface area (Å²) in [6.07, 6.45) is 0. The predicted octanol–water partition coefficient (Wildman–Crippen LogP) is 4.96. The molecule has 0 spiro atoms. The summed E-state index contributed by atoms with van der Waals surface area (Å²) in [6, 6.07) is 9.21. The molecule has 0 fully saturated rings. The lowest BCUT2D eigenvalue weighted by Crippen LogP contribution is -1.96. The maximum Gasteiger partial charge on any atom is 0.269 e. The Morgan fingerprint density at radius 3 is 1.41 bits per heavy atom.